The number of rotatable bonds is 11. The number of nitrogens with one attached hydrogen (secondary N) is 5. The van der Waals surface area contributed by atoms with Gasteiger partial charge in [0.25, 0.3) is 0 Å². The molecular formula is C26H28N14O. The molecule has 0 spiro atoms. The van der Waals surface area contributed by atoms with E-state index in [2.05, 4.69) is 56.5 Å². The molecule has 0 unspecified atom stereocenters. The number of aliphatic hydroxyl groups is 1. The number of nitrogens with zero attached hydrogens (tertiary/aromatic N) is 6. The Kier molecular flexibility index (Phi) is 7.97. The summed E-state index contributed by atoms with van der Waals surface area (Å²) in [5, 5.41) is 24.7. The zero-order valence-corrected chi connectivity index (χ0v) is 21.7. The molecule has 2 heterocycles. The van der Waals surface area contributed by atoms with E-state index in [4.69, 9.17) is 17.2 Å². The first-order valence-corrected chi connectivity index (χ1v) is 12.4. The highest BCUT2D eigenvalue weighted by Crippen LogP contribution is 2.24. The van der Waals surface area contributed by atoms with Gasteiger partial charge in [-0.2, -0.15) is 29.9 Å². The summed E-state index contributed by atoms with van der Waals surface area (Å²) in [7, 11) is 0. The molecule has 5 rings (SSSR count). The molecule has 0 aliphatic carbocycles. The van der Waals surface area contributed by atoms with Crippen molar-refractivity contribution in [3.8, 4) is 0 Å². The van der Waals surface area contributed by atoms with Gasteiger partial charge >= 0.3 is 0 Å². The zero-order chi connectivity index (χ0) is 28.6. The zero-order valence-electron chi connectivity index (χ0n) is 21.7. The average Bonchev–Trinajstić information content (AvgIpc) is 2.92. The Balaban J connectivity index is 1.34. The van der Waals surface area contributed by atoms with Crippen LogP contribution in [-0.2, 0) is 0 Å². The molecule has 0 radical (unpaired) electrons. The maximum Gasteiger partial charge on any atom is 0.233 e. The summed E-state index contributed by atoms with van der Waals surface area (Å²) in [6.45, 7) is 0.183. The predicted octanol–water partition coefficient (Wildman–Crippen LogP) is 3.18. The van der Waals surface area contributed by atoms with E-state index in [9.17, 15) is 5.11 Å². The normalized spacial score (nSPS) is 10.6. The fourth-order valence-corrected chi connectivity index (χ4v) is 3.66. The van der Waals surface area contributed by atoms with Crippen LogP contribution in [0.3, 0.4) is 0 Å². The lowest BCUT2D eigenvalue weighted by Crippen LogP contribution is -2.12. The lowest BCUT2D eigenvalue weighted by molar-refractivity contribution is 0.311. The van der Waals surface area contributed by atoms with Crippen molar-refractivity contribution in [2.45, 2.75) is 0 Å². The molecule has 15 nitrogen and oxygen atoms in total. The number of nitrogens with two attached hydrogens (primary N) is 3. The fourth-order valence-electron chi connectivity index (χ4n) is 3.66. The Bertz CT molecular complexity index is 1650. The van der Waals surface area contributed by atoms with Gasteiger partial charge in [-0.3, -0.25) is 0 Å². The minimum atomic E-state index is -0.0849. The van der Waals surface area contributed by atoms with Crippen LogP contribution in [-0.4, -0.2) is 48.2 Å². The van der Waals surface area contributed by atoms with Crippen LogP contribution in [0.25, 0.3) is 0 Å². The van der Waals surface area contributed by atoms with E-state index in [0.29, 0.717) is 34.1 Å². The van der Waals surface area contributed by atoms with Crippen molar-refractivity contribution in [3.63, 3.8) is 0 Å². The van der Waals surface area contributed by atoms with E-state index in [1.54, 1.807) is 24.3 Å². The number of aliphatic hydroxyl groups excluding tert-OH is 1. The molecule has 0 fully saturated rings. The minimum Gasteiger partial charge on any atom is -0.399 e. The van der Waals surface area contributed by atoms with Crippen LogP contribution >= 0.6 is 0 Å². The molecule has 0 aliphatic heterocycles. The predicted molar refractivity (Wildman–Crippen MR) is 161 cm³/mol. The summed E-state index contributed by atoms with van der Waals surface area (Å²) in [6.07, 6.45) is 0. The van der Waals surface area contributed by atoms with Gasteiger partial charge in [-0.1, -0.05) is 18.2 Å². The standard InChI is InChI=1S/C26H28N14O/c27-15-4-1-6-17(12-15)31-23-35-21(29)36-24(39-23)33-19-8-3-9-20(14-19)34-26-38-22(30-10-11-41)37-25(40-26)32-18-7-2-5-16(28)13-18/h1-9,12-14,41H,10-11,27-28H2,(H4,29,31,33,35,36,39)(H3,30,32,34,37,38,40). The van der Waals surface area contributed by atoms with Crippen LogP contribution in [0.5, 0.6) is 0 Å². The van der Waals surface area contributed by atoms with Gasteiger partial charge in [0, 0.05) is 40.7 Å². The highest BCUT2D eigenvalue weighted by Gasteiger charge is 2.10. The molecule has 208 valence electrons. The third-order valence-electron chi connectivity index (χ3n) is 5.34. The fraction of sp³-hybridized carbons (Fsp3) is 0.0769. The Morgan fingerprint density at radius 1 is 0.512 bits per heavy atom. The van der Waals surface area contributed by atoms with Gasteiger partial charge in [0.2, 0.25) is 35.7 Å². The molecule has 0 aliphatic rings. The average molecular weight is 553 g/mol. The van der Waals surface area contributed by atoms with Gasteiger partial charge in [-0.05, 0) is 54.6 Å². The van der Waals surface area contributed by atoms with Crippen molar-refractivity contribution in [1.82, 2.24) is 29.9 Å². The Morgan fingerprint density at radius 3 is 1.34 bits per heavy atom. The molecule has 41 heavy (non-hydrogen) atoms. The van der Waals surface area contributed by atoms with Crippen LogP contribution < -0.4 is 43.8 Å². The molecule has 0 atom stereocenters. The third kappa shape index (κ3) is 7.55. The number of hydrogen-bond donors (Lipinski definition) is 9. The molecule has 2 aromatic heterocycles. The van der Waals surface area contributed by atoms with Crippen molar-refractivity contribution in [1.29, 1.82) is 0 Å². The number of benzene rings is 3. The second-order valence-electron chi connectivity index (χ2n) is 8.63. The van der Waals surface area contributed by atoms with E-state index in [1.807, 2.05) is 48.5 Å². The van der Waals surface area contributed by atoms with Gasteiger partial charge < -0.3 is 48.9 Å². The maximum atomic E-state index is 9.22. The van der Waals surface area contributed by atoms with Crippen LogP contribution in [0.2, 0.25) is 0 Å². The molecule has 0 amide bonds. The van der Waals surface area contributed by atoms with Crippen molar-refractivity contribution in [2.75, 3.05) is 56.9 Å². The van der Waals surface area contributed by atoms with Crippen molar-refractivity contribution in [2.24, 2.45) is 0 Å². The number of hydrogen-bond acceptors (Lipinski definition) is 15. The van der Waals surface area contributed by atoms with Gasteiger partial charge in [0.1, 0.15) is 0 Å². The number of aromatic nitrogens is 6. The lowest BCUT2D eigenvalue weighted by Gasteiger charge is -2.12. The highest BCUT2D eigenvalue weighted by molar-refractivity contribution is 5.67. The molecule has 0 saturated heterocycles. The van der Waals surface area contributed by atoms with Crippen LogP contribution in [0, 0.1) is 0 Å². The van der Waals surface area contributed by atoms with Crippen LogP contribution in [0.15, 0.2) is 72.8 Å². The summed E-state index contributed by atoms with van der Waals surface area (Å²) >= 11 is 0. The van der Waals surface area contributed by atoms with Gasteiger partial charge in [0.15, 0.2) is 0 Å². The Labute approximate surface area is 234 Å². The Morgan fingerprint density at radius 2 is 0.902 bits per heavy atom. The number of anilines is 12. The second-order valence-corrected chi connectivity index (χ2v) is 8.63. The van der Waals surface area contributed by atoms with Gasteiger partial charge in [-0.15, -0.1) is 0 Å². The van der Waals surface area contributed by atoms with Crippen LogP contribution in [0.4, 0.5) is 69.8 Å². The maximum absolute atomic E-state index is 9.22. The monoisotopic (exact) mass is 552 g/mol. The van der Waals surface area contributed by atoms with Crippen molar-refractivity contribution in [3.05, 3.63) is 72.8 Å². The van der Waals surface area contributed by atoms with E-state index in [0.717, 1.165) is 0 Å². The molecule has 3 aromatic carbocycles. The van der Waals surface area contributed by atoms with Crippen LogP contribution in [0.1, 0.15) is 0 Å². The van der Waals surface area contributed by atoms with E-state index in [-0.39, 0.29) is 48.8 Å². The van der Waals surface area contributed by atoms with Gasteiger partial charge in [0.05, 0.1) is 6.61 Å². The molecular weight excluding hydrogens is 524 g/mol. The van der Waals surface area contributed by atoms with Gasteiger partial charge in [-0.25, -0.2) is 0 Å². The molecule has 0 bridgehead atoms. The van der Waals surface area contributed by atoms with E-state index in [1.165, 1.54) is 0 Å². The second kappa shape index (κ2) is 12.3. The first-order chi connectivity index (χ1) is 19.9. The quantitative estimate of drug-likeness (QED) is 0.107. The molecule has 5 aromatic rings. The summed E-state index contributed by atoms with van der Waals surface area (Å²) in [5.74, 6) is 1.36. The van der Waals surface area contributed by atoms with Crippen molar-refractivity contribution < 1.29 is 5.11 Å². The van der Waals surface area contributed by atoms with E-state index < -0.39 is 0 Å². The van der Waals surface area contributed by atoms with E-state index >= 15 is 0 Å². The summed E-state index contributed by atoms with van der Waals surface area (Å²) in [4.78, 5) is 26.0. The smallest absolute Gasteiger partial charge is 0.233 e. The Hall–Kier alpha value is -5.96. The SMILES string of the molecule is Nc1cccc(Nc2nc(N)nc(Nc3cccc(Nc4nc(NCCO)nc(Nc5cccc(N)c5)n4)c3)n2)c1. The first kappa shape index (κ1) is 26.6. The molecule has 12 N–H and O–H groups in total. The number of nitrogen functional groups attached to an aromatic ring is 3. The largest absolute Gasteiger partial charge is 0.399 e. The molecule has 15 heteroatoms. The van der Waals surface area contributed by atoms with Crippen molar-refractivity contribution >= 4 is 69.8 Å². The highest BCUT2D eigenvalue weighted by atomic mass is 16.3. The minimum absolute atomic E-state index is 0.0384. The summed E-state index contributed by atoms with van der Waals surface area (Å²) in [6, 6.07) is 21.7. The summed E-state index contributed by atoms with van der Waals surface area (Å²) in [5.41, 5.74) is 21.6. The third-order valence-corrected chi connectivity index (χ3v) is 5.34. The first-order valence-electron chi connectivity index (χ1n) is 12.4. The molecule has 0 saturated carbocycles. The summed E-state index contributed by atoms with van der Waals surface area (Å²) < 4.78 is 0. The topological polar surface area (TPSA) is 236 Å². The lowest BCUT2D eigenvalue weighted by atomic mass is 10.3.